The van der Waals surface area contributed by atoms with E-state index in [1.165, 1.54) is 26.4 Å². The number of carbonyl (C=O) groups is 1. The van der Waals surface area contributed by atoms with Gasteiger partial charge in [-0.15, -0.1) is 0 Å². The third-order valence-electron chi connectivity index (χ3n) is 3.69. The van der Waals surface area contributed by atoms with Crippen molar-refractivity contribution in [2.75, 3.05) is 25.1 Å². The molecule has 0 atom stereocenters. The number of rotatable bonds is 2. The summed E-state index contributed by atoms with van der Waals surface area (Å²) >= 11 is 0. The van der Waals surface area contributed by atoms with E-state index in [4.69, 9.17) is 4.74 Å². The molecule has 1 saturated heterocycles. The van der Waals surface area contributed by atoms with Crippen LogP contribution < -0.4 is 4.90 Å². The van der Waals surface area contributed by atoms with E-state index < -0.39 is 0 Å². The van der Waals surface area contributed by atoms with Gasteiger partial charge in [-0.25, -0.2) is 14.8 Å². The van der Waals surface area contributed by atoms with E-state index in [2.05, 4.69) is 14.9 Å². The first kappa shape index (κ1) is 12.8. The number of nitrogens with zero attached hydrogens (tertiary/aromatic N) is 3. The van der Waals surface area contributed by atoms with Crippen LogP contribution >= 0.6 is 0 Å². The highest BCUT2D eigenvalue weighted by Crippen LogP contribution is 2.26. The molecule has 0 N–H and O–H groups in total. The summed E-state index contributed by atoms with van der Waals surface area (Å²) in [6.45, 7) is 2.02. The van der Waals surface area contributed by atoms with Gasteiger partial charge in [0.25, 0.3) is 0 Å². The Hall–Kier alpha value is -2.17. The maximum atomic E-state index is 11.7. The zero-order valence-corrected chi connectivity index (χ0v) is 11.5. The molecule has 5 nitrogen and oxygen atoms in total. The summed E-state index contributed by atoms with van der Waals surface area (Å²) in [4.78, 5) is 22.6. The maximum Gasteiger partial charge on any atom is 0.337 e. The van der Waals surface area contributed by atoms with Gasteiger partial charge in [0.1, 0.15) is 12.1 Å². The summed E-state index contributed by atoms with van der Waals surface area (Å²) in [5.74, 6) is 0.584. The Kier molecular flexibility index (Phi) is 3.50. The molecule has 2 heterocycles. The standard InChI is InChI=1S/C15H17N3O2/c1-20-15(19)11-5-6-13-12(9-11)14(17-10-16-13)18-7-3-2-4-8-18/h5-6,9-10H,2-4,7-8H2,1H3. The molecule has 0 unspecified atom stereocenters. The zero-order chi connectivity index (χ0) is 13.9. The van der Waals surface area contributed by atoms with Gasteiger partial charge in [0.2, 0.25) is 0 Å². The Morgan fingerprint density at radius 3 is 2.75 bits per heavy atom. The predicted octanol–water partition coefficient (Wildman–Crippen LogP) is 2.41. The molecule has 2 aromatic rings. The van der Waals surface area contributed by atoms with Crippen LogP contribution in [0.1, 0.15) is 29.6 Å². The van der Waals surface area contributed by atoms with E-state index in [-0.39, 0.29) is 5.97 Å². The molecule has 0 radical (unpaired) electrons. The Morgan fingerprint density at radius 1 is 1.20 bits per heavy atom. The lowest BCUT2D eigenvalue weighted by Gasteiger charge is -2.28. The van der Waals surface area contributed by atoms with Crippen LogP contribution in [0.4, 0.5) is 5.82 Å². The third-order valence-corrected chi connectivity index (χ3v) is 3.69. The average Bonchev–Trinajstić information content (AvgIpc) is 2.54. The topological polar surface area (TPSA) is 55.3 Å². The molecule has 3 rings (SSSR count). The largest absolute Gasteiger partial charge is 0.465 e. The number of esters is 1. The van der Waals surface area contributed by atoms with Crippen LogP contribution in [0.2, 0.25) is 0 Å². The quantitative estimate of drug-likeness (QED) is 0.785. The van der Waals surface area contributed by atoms with Crippen LogP contribution in [-0.2, 0) is 4.74 Å². The second-order valence-electron chi connectivity index (χ2n) is 4.97. The summed E-state index contributed by atoms with van der Waals surface area (Å²) < 4.78 is 4.78. The van der Waals surface area contributed by atoms with E-state index >= 15 is 0 Å². The van der Waals surface area contributed by atoms with E-state index in [1.807, 2.05) is 12.1 Å². The van der Waals surface area contributed by atoms with E-state index in [0.717, 1.165) is 29.8 Å². The number of aromatic nitrogens is 2. The number of hydrogen-bond donors (Lipinski definition) is 0. The normalized spacial score (nSPS) is 15.3. The molecular formula is C15H17N3O2. The number of methoxy groups -OCH3 is 1. The number of carbonyl (C=O) groups excluding carboxylic acids is 1. The first-order chi connectivity index (χ1) is 9.79. The molecule has 104 valence electrons. The van der Waals surface area contributed by atoms with E-state index in [0.29, 0.717) is 5.56 Å². The van der Waals surface area contributed by atoms with Crippen LogP contribution in [0, 0.1) is 0 Å². The maximum absolute atomic E-state index is 11.7. The van der Waals surface area contributed by atoms with Crippen molar-refractivity contribution in [3.8, 4) is 0 Å². The van der Waals surface area contributed by atoms with Gasteiger partial charge in [-0.2, -0.15) is 0 Å². The van der Waals surface area contributed by atoms with Gasteiger partial charge in [0.15, 0.2) is 0 Å². The summed E-state index contributed by atoms with van der Waals surface area (Å²) in [5, 5.41) is 0.914. The monoisotopic (exact) mass is 271 g/mol. The Morgan fingerprint density at radius 2 is 2.00 bits per heavy atom. The van der Waals surface area contributed by atoms with Crippen molar-refractivity contribution in [3.63, 3.8) is 0 Å². The highest BCUT2D eigenvalue weighted by Gasteiger charge is 2.16. The highest BCUT2D eigenvalue weighted by molar-refractivity contribution is 5.97. The molecule has 20 heavy (non-hydrogen) atoms. The Labute approximate surface area is 117 Å². The molecule has 0 saturated carbocycles. The number of hydrogen-bond acceptors (Lipinski definition) is 5. The minimum absolute atomic E-state index is 0.333. The van der Waals surface area contributed by atoms with Crippen LogP contribution in [0.25, 0.3) is 10.9 Å². The minimum atomic E-state index is -0.333. The van der Waals surface area contributed by atoms with Gasteiger partial charge < -0.3 is 9.64 Å². The van der Waals surface area contributed by atoms with Gasteiger partial charge in [-0.05, 0) is 37.5 Å². The minimum Gasteiger partial charge on any atom is -0.465 e. The van der Waals surface area contributed by atoms with Gasteiger partial charge in [0.05, 0.1) is 18.2 Å². The van der Waals surface area contributed by atoms with Crippen LogP contribution in [0.15, 0.2) is 24.5 Å². The number of fused-ring (bicyclic) bond motifs is 1. The molecule has 1 aliphatic rings. The molecular weight excluding hydrogens is 254 g/mol. The molecule has 1 fully saturated rings. The fourth-order valence-electron chi connectivity index (χ4n) is 2.65. The molecule has 0 amide bonds. The Bertz CT molecular complexity index is 636. The summed E-state index contributed by atoms with van der Waals surface area (Å²) in [6.07, 6.45) is 5.22. The van der Waals surface area contributed by atoms with Crippen molar-refractivity contribution in [3.05, 3.63) is 30.1 Å². The Balaban J connectivity index is 2.08. The van der Waals surface area contributed by atoms with Gasteiger partial charge in [0, 0.05) is 18.5 Å². The van der Waals surface area contributed by atoms with E-state index in [1.54, 1.807) is 12.4 Å². The SMILES string of the molecule is COC(=O)c1ccc2ncnc(N3CCCCC3)c2c1. The first-order valence-electron chi connectivity index (χ1n) is 6.87. The first-order valence-corrected chi connectivity index (χ1v) is 6.87. The van der Waals surface area contributed by atoms with Crippen molar-refractivity contribution >= 4 is 22.7 Å². The molecule has 1 aromatic carbocycles. The fraction of sp³-hybridized carbons (Fsp3) is 0.400. The van der Waals surface area contributed by atoms with Crippen LogP contribution in [0.5, 0.6) is 0 Å². The zero-order valence-electron chi connectivity index (χ0n) is 11.5. The third kappa shape index (κ3) is 2.31. The van der Waals surface area contributed by atoms with Gasteiger partial charge in [-0.1, -0.05) is 0 Å². The number of anilines is 1. The van der Waals surface area contributed by atoms with Crippen molar-refractivity contribution in [2.45, 2.75) is 19.3 Å². The van der Waals surface area contributed by atoms with Crippen molar-refractivity contribution in [1.82, 2.24) is 9.97 Å². The molecule has 5 heteroatoms. The predicted molar refractivity (Wildman–Crippen MR) is 76.9 cm³/mol. The summed E-state index contributed by atoms with van der Waals surface area (Å²) in [6, 6.07) is 5.41. The summed E-state index contributed by atoms with van der Waals surface area (Å²) in [5.41, 5.74) is 1.39. The second kappa shape index (κ2) is 5.45. The summed E-state index contributed by atoms with van der Waals surface area (Å²) in [7, 11) is 1.39. The van der Waals surface area contributed by atoms with E-state index in [9.17, 15) is 4.79 Å². The van der Waals surface area contributed by atoms with Crippen molar-refractivity contribution < 1.29 is 9.53 Å². The highest BCUT2D eigenvalue weighted by atomic mass is 16.5. The van der Waals surface area contributed by atoms with Gasteiger partial charge in [-0.3, -0.25) is 0 Å². The number of piperidine rings is 1. The number of benzene rings is 1. The molecule has 0 bridgehead atoms. The van der Waals surface area contributed by atoms with Gasteiger partial charge >= 0.3 is 5.97 Å². The smallest absolute Gasteiger partial charge is 0.337 e. The average molecular weight is 271 g/mol. The lowest BCUT2D eigenvalue weighted by molar-refractivity contribution is 0.0601. The van der Waals surface area contributed by atoms with Crippen molar-refractivity contribution in [1.29, 1.82) is 0 Å². The lowest BCUT2D eigenvalue weighted by atomic mass is 10.1. The second-order valence-corrected chi connectivity index (χ2v) is 4.97. The number of ether oxygens (including phenoxy) is 1. The van der Waals surface area contributed by atoms with Crippen LogP contribution in [0.3, 0.4) is 0 Å². The fourth-order valence-corrected chi connectivity index (χ4v) is 2.65. The lowest BCUT2D eigenvalue weighted by Crippen LogP contribution is -2.30. The molecule has 0 spiro atoms. The van der Waals surface area contributed by atoms with Crippen LogP contribution in [-0.4, -0.2) is 36.1 Å². The molecule has 1 aromatic heterocycles. The molecule has 0 aliphatic carbocycles. The molecule has 1 aliphatic heterocycles. The van der Waals surface area contributed by atoms with Crippen molar-refractivity contribution in [2.24, 2.45) is 0 Å².